The Kier molecular flexibility index (Phi) is 4.88. The molecule has 0 saturated carbocycles. The van der Waals surface area contributed by atoms with E-state index in [-0.39, 0.29) is 12.0 Å². The Bertz CT molecular complexity index is 882. The van der Waals surface area contributed by atoms with E-state index < -0.39 is 0 Å². The largest absolute Gasteiger partial charge is 0.467 e. The van der Waals surface area contributed by atoms with E-state index in [1.54, 1.807) is 23.7 Å². The number of halogens is 2. The van der Waals surface area contributed by atoms with Gasteiger partial charge in [-0.2, -0.15) is 0 Å². The lowest BCUT2D eigenvalue weighted by Crippen LogP contribution is -2.36. The van der Waals surface area contributed by atoms with Gasteiger partial charge >= 0.3 is 0 Å². The number of pyridine rings is 1. The second-order valence-corrected chi connectivity index (χ2v) is 7.83. The lowest BCUT2D eigenvalue weighted by molar-refractivity contribution is 0.0702. The summed E-state index contributed by atoms with van der Waals surface area (Å²) in [5.41, 5.74) is 7.87. The van der Waals surface area contributed by atoms with Gasteiger partial charge in [0.1, 0.15) is 16.4 Å². The van der Waals surface area contributed by atoms with Crippen LogP contribution in [-0.2, 0) is 11.3 Å². The molecule has 132 valence electrons. The van der Waals surface area contributed by atoms with E-state index >= 15 is 0 Å². The number of nitrogens with one attached hydrogen (secondary N) is 1. The summed E-state index contributed by atoms with van der Waals surface area (Å²) in [7, 11) is 0. The monoisotopic (exact) mass is 397 g/mol. The van der Waals surface area contributed by atoms with Gasteiger partial charge in [0.2, 0.25) is 0 Å². The number of nitrogens with two attached hydrogens (primary N) is 1. The molecule has 25 heavy (non-hydrogen) atoms. The third-order valence-electron chi connectivity index (χ3n) is 4.36. The summed E-state index contributed by atoms with van der Waals surface area (Å²) >= 11 is 14.4. The van der Waals surface area contributed by atoms with Gasteiger partial charge < -0.3 is 20.2 Å². The summed E-state index contributed by atoms with van der Waals surface area (Å²) in [6.07, 6.45) is 2.48. The molecule has 0 spiro atoms. The number of hydrogen-bond acceptors (Lipinski definition) is 6. The zero-order chi connectivity index (χ0) is 17.4. The molecule has 3 aromatic heterocycles. The Hall–Kier alpha value is -1.31. The summed E-state index contributed by atoms with van der Waals surface area (Å²) in [5.74, 6) is 0.920. The van der Waals surface area contributed by atoms with E-state index in [1.165, 1.54) is 0 Å². The van der Waals surface area contributed by atoms with Gasteiger partial charge in [0.25, 0.3) is 0 Å². The Morgan fingerprint density at radius 2 is 2.28 bits per heavy atom. The van der Waals surface area contributed by atoms with Crippen LogP contribution in [0.25, 0.3) is 10.2 Å². The number of furan rings is 1. The topological polar surface area (TPSA) is 73.3 Å². The molecule has 0 unspecified atom stereocenters. The molecule has 2 atom stereocenters. The van der Waals surface area contributed by atoms with E-state index in [9.17, 15) is 0 Å². The highest BCUT2D eigenvalue weighted by Gasteiger charge is 2.29. The van der Waals surface area contributed by atoms with Crippen molar-refractivity contribution in [2.75, 3.05) is 18.5 Å². The molecule has 4 heterocycles. The molecule has 0 aromatic carbocycles. The number of ether oxygens (including phenoxy) is 1. The average molecular weight is 398 g/mol. The first kappa shape index (κ1) is 17.1. The molecular weight excluding hydrogens is 381 g/mol. The van der Waals surface area contributed by atoms with Gasteiger partial charge in [-0.3, -0.25) is 0 Å². The Morgan fingerprint density at radius 3 is 3.04 bits per heavy atom. The van der Waals surface area contributed by atoms with Crippen LogP contribution in [0.15, 0.2) is 28.9 Å². The molecule has 1 aliphatic heterocycles. The van der Waals surface area contributed by atoms with Gasteiger partial charge in [0.05, 0.1) is 34.8 Å². The number of anilines is 1. The van der Waals surface area contributed by atoms with Gasteiger partial charge in [-0.05, 0) is 18.6 Å². The van der Waals surface area contributed by atoms with Gasteiger partial charge in [0, 0.05) is 29.5 Å². The van der Waals surface area contributed by atoms with Gasteiger partial charge in [-0.25, -0.2) is 4.98 Å². The highest BCUT2D eigenvalue weighted by Crippen LogP contribution is 2.44. The first-order valence-corrected chi connectivity index (χ1v) is 9.58. The van der Waals surface area contributed by atoms with Crippen LogP contribution in [0.2, 0.25) is 10.2 Å². The van der Waals surface area contributed by atoms with Crippen LogP contribution < -0.4 is 11.1 Å². The maximum atomic E-state index is 6.63. The first-order valence-electron chi connectivity index (χ1n) is 8.01. The summed E-state index contributed by atoms with van der Waals surface area (Å²) in [6.45, 7) is 1.83. The smallest absolute Gasteiger partial charge is 0.131 e. The molecule has 0 radical (unpaired) electrons. The standard InChI is InChI=1S/C17H17Cl2N3O2S/c18-13-6-12(21-7-9-2-1-4-24-9)17-15(22-13)14(19)16(25-17)10-8-23-5-3-11(10)20/h1-2,4,6,10-11H,3,5,7-8,20H2,(H,21,22)/t10-,11-/m0/s1. The molecule has 0 amide bonds. The highest BCUT2D eigenvalue weighted by molar-refractivity contribution is 7.20. The maximum Gasteiger partial charge on any atom is 0.131 e. The number of hydrogen-bond donors (Lipinski definition) is 2. The second kappa shape index (κ2) is 7.13. The molecule has 0 bridgehead atoms. The minimum absolute atomic E-state index is 0.0364. The van der Waals surface area contributed by atoms with Crippen molar-refractivity contribution in [1.29, 1.82) is 0 Å². The molecule has 1 saturated heterocycles. The van der Waals surface area contributed by atoms with Crippen LogP contribution in [0.4, 0.5) is 5.69 Å². The summed E-state index contributed by atoms with van der Waals surface area (Å²) in [5, 5.41) is 4.37. The van der Waals surface area contributed by atoms with Crippen molar-refractivity contribution in [1.82, 2.24) is 4.98 Å². The van der Waals surface area contributed by atoms with Crippen LogP contribution in [0.3, 0.4) is 0 Å². The first-order chi connectivity index (χ1) is 12.1. The van der Waals surface area contributed by atoms with Crippen molar-refractivity contribution >= 4 is 50.4 Å². The van der Waals surface area contributed by atoms with Crippen molar-refractivity contribution < 1.29 is 9.15 Å². The van der Waals surface area contributed by atoms with E-state index in [0.29, 0.717) is 35.5 Å². The van der Waals surface area contributed by atoms with Crippen molar-refractivity contribution in [2.45, 2.75) is 24.9 Å². The third-order valence-corrected chi connectivity index (χ3v) is 6.39. The van der Waals surface area contributed by atoms with E-state index in [0.717, 1.165) is 27.4 Å². The molecular formula is C17H17Cl2N3O2S. The van der Waals surface area contributed by atoms with E-state index in [4.69, 9.17) is 38.1 Å². The SMILES string of the molecule is N[C@H]1CCOC[C@@H]1c1sc2c(NCc3ccco3)cc(Cl)nc2c1Cl. The zero-order valence-electron chi connectivity index (χ0n) is 13.3. The lowest BCUT2D eigenvalue weighted by Gasteiger charge is -2.28. The normalized spacial score (nSPS) is 20.9. The third kappa shape index (κ3) is 3.37. The van der Waals surface area contributed by atoms with Crippen LogP contribution >= 0.6 is 34.5 Å². The quantitative estimate of drug-likeness (QED) is 0.627. The average Bonchev–Trinajstić information content (AvgIpc) is 3.22. The summed E-state index contributed by atoms with van der Waals surface area (Å²) in [4.78, 5) is 5.43. The van der Waals surface area contributed by atoms with Crippen LogP contribution in [-0.4, -0.2) is 24.2 Å². The predicted molar refractivity (Wildman–Crippen MR) is 102 cm³/mol. The molecule has 5 nitrogen and oxygen atoms in total. The molecule has 1 aliphatic rings. The molecule has 4 rings (SSSR count). The Balaban J connectivity index is 1.72. The van der Waals surface area contributed by atoms with E-state index in [1.807, 2.05) is 12.1 Å². The number of rotatable bonds is 4. The zero-order valence-corrected chi connectivity index (χ0v) is 15.6. The predicted octanol–water partition coefficient (Wildman–Crippen LogP) is 4.64. The fourth-order valence-corrected chi connectivity index (χ4v) is 4.94. The minimum atomic E-state index is 0.0364. The van der Waals surface area contributed by atoms with Crippen molar-refractivity contribution in [3.8, 4) is 0 Å². The van der Waals surface area contributed by atoms with Crippen LogP contribution in [0.5, 0.6) is 0 Å². The second-order valence-electron chi connectivity index (χ2n) is 6.02. The number of aromatic nitrogens is 1. The van der Waals surface area contributed by atoms with Gasteiger partial charge in [-0.15, -0.1) is 11.3 Å². The highest BCUT2D eigenvalue weighted by atomic mass is 35.5. The number of thiophene rings is 1. The van der Waals surface area contributed by atoms with Crippen LogP contribution in [0, 0.1) is 0 Å². The summed E-state index contributed by atoms with van der Waals surface area (Å²) in [6, 6.07) is 5.62. The molecule has 3 N–H and O–H groups in total. The minimum Gasteiger partial charge on any atom is -0.467 e. The van der Waals surface area contributed by atoms with Crippen LogP contribution in [0.1, 0.15) is 23.0 Å². The number of fused-ring (bicyclic) bond motifs is 1. The maximum absolute atomic E-state index is 6.63. The molecule has 8 heteroatoms. The Labute approximate surface area is 159 Å². The fraction of sp³-hybridized carbons (Fsp3) is 0.353. The van der Waals surface area contributed by atoms with Crippen molar-refractivity contribution in [2.24, 2.45) is 5.73 Å². The molecule has 0 aliphatic carbocycles. The van der Waals surface area contributed by atoms with Crippen molar-refractivity contribution in [3.63, 3.8) is 0 Å². The molecule has 3 aromatic rings. The van der Waals surface area contributed by atoms with Gasteiger partial charge in [0.15, 0.2) is 0 Å². The Morgan fingerprint density at radius 1 is 1.40 bits per heavy atom. The van der Waals surface area contributed by atoms with Gasteiger partial charge in [-0.1, -0.05) is 23.2 Å². The number of nitrogens with zero attached hydrogens (tertiary/aromatic N) is 1. The van der Waals surface area contributed by atoms with Crippen molar-refractivity contribution in [3.05, 3.63) is 45.3 Å². The summed E-state index contributed by atoms with van der Waals surface area (Å²) < 4.78 is 11.9. The lowest BCUT2D eigenvalue weighted by atomic mass is 9.95. The molecule has 1 fully saturated rings. The van der Waals surface area contributed by atoms with E-state index in [2.05, 4.69) is 10.3 Å². The fourth-order valence-electron chi connectivity index (χ4n) is 3.02.